The van der Waals surface area contributed by atoms with Crippen LogP contribution < -0.4 is 5.73 Å². The molecule has 0 fully saturated rings. The van der Waals surface area contributed by atoms with E-state index >= 15 is 0 Å². The number of benzene rings is 1. The Bertz CT molecular complexity index is 340. The lowest BCUT2D eigenvalue weighted by molar-refractivity contribution is -0.149. The molecule has 1 aromatic carbocycles. The molecule has 1 rings (SSSR count). The summed E-state index contributed by atoms with van der Waals surface area (Å²) in [6, 6.07) is 1.59. The number of rotatable bonds is 1. The number of alkyl halides is 3. The highest BCUT2D eigenvalue weighted by atomic mass is 127. The third-order valence-electron chi connectivity index (χ3n) is 1.67. The van der Waals surface area contributed by atoms with Crippen molar-refractivity contribution in [2.45, 2.75) is 12.2 Å². The van der Waals surface area contributed by atoms with Crippen LogP contribution in [0, 0.1) is 3.57 Å². The van der Waals surface area contributed by atoms with E-state index in [1.165, 1.54) is 18.2 Å². The summed E-state index contributed by atoms with van der Waals surface area (Å²) >= 11 is 1.70. The zero-order valence-corrected chi connectivity index (χ0v) is 9.00. The molecule has 14 heavy (non-hydrogen) atoms. The summed E-state index contributed by atoms with van der Waals surface area (Å²) in [5.74, 6) is -0.0764. The van der Waals surface area contributed by atoms with Crippen LogP contribution in [0.3, 0.4) is 0 Å². The second kappa shape index (κ2) is 3.93. The Morgan fingerprint density at radius 3 is 2.36 bits per heavy atom. The SMILES string of the molecule is NC(c1ccc(O)cc1I)C(F)(F)F. The van der Waals surface area contributed by atoms with E-state index in [-0.39, 0.29) is 11.3 Å². The van der Waals surface area contributed by atoms with E-state index in [0.717, 1.165) is 0 Å². The van der Waals surface area contributed by atoms with Gasteiger partial charge in [0, 0.05) is 3.57 Å². The van der Waals surface area contributed by atoms with Crippen molar-refractivity contribution in [2.24, 2.45) is 5.73 Å². The fraction of sp³-hybridized carbons (Fsp3) is 0.250. The number of nitrogens with two attached hydrogens (primary N) is 1. The molecule has 78 valence electrons. The lowest BCUT2D eigenvalue weighted by atomic mass is 10.1. The van der Waals surface area contributed by atoms with E-state index in [1.54, 1.807) is 22.6 Å². The normalized spacial score (nSPS) is 14.1. The van der Waals surface area contributed by atoms with Crippen molar-refractivity contribution in [1.29, 1.82) is 0 Å². The highest BCUT2D eigenvalue weighted by Gasteiger charge is 2.38. The molecule has 0 heterocycles. The quantitative estimate of drug-likeness (QED) is 0.782. The number of hydrogen-bond acceptors (Lipinski definition) is 2. The molecule has 0 amide bonds. The maximum atomic E-state index is 12.2. The van der Waals surface area contributed by atoms with Crippen LogP contribution in [0.25, 0.3) is 0 Å². The van der Waals surface area contributed by atoms with Crippen LogP contribution >= 0.6 is 22.6 Å². The number of aromatic hydroxyl groups is 1. The number of hydrogen-bond donors (Lipinski definition) is 2. The highest BCUT2D eigenvalue weighted by Crippen LogP contribution is 2.33. The zero-order valence-electron chi connectivity index (χ0n) is 6.85. The van der Waals surface area contributed by atoms with Gasteiger partial charge in [-0.05, 0) is 40.3 Å². The van der Waals surface area contributed by atoms with Gasteiger partial charge in [0.05, 0.1) is 0 Å². The monoisotopic (exact) mass is 317 g/mol. The minimum atomic E-state index is -4.46. The van der Waals surface area contributed by atoms with Gasteiger partial charge in [-0.3, -0.25) is 0 Å². The topological polar surface area (TPSA) is 46.2 Å². The van der Waals surface area contributed by atoms with Crippen molar-refractivity contribution in [3.63, 3.8) is 0 Å². The van der Waals surface area contributed by atoms with Gasteiger partial charge in [-0.1, -0.05) is 6.07 Å². The summed E-state index contributed by atoms with van der Waals surface area (Å²) in [7, 11) is 0. The first-order valence-electron chi connectivity index (χ1n) is 3.63. The van der Waals surface area contributed by atoms with Gasteiger partial charge in [0.1, 0.15) is 11.8 Å². The van der Waals surface area contributed by atoms with Gasteiger partial charge < -0.3 is 10.8 Å². The fourth-order valence-electron chi connectivity index (χ4n) is 0.945. The lowest BCUT2D eigenvalue weighted by Crippen LogP contribution is -2.29. The summed E-state index contributed by atoms with van der Waals surface area (Å²) in [6.45, 7) is 0. The highest BCUT2D eigenvalue weighted by molar-refractivity contribution is 14.1. The summed E-state index contributed by atoms with van der Waals surface area (Å²) in [6.07, 6.45) is -4.46. The first-order chi connectivity index (χ1) is 6.32. The molecule has 0 saturated carbocycles. The average Bonchev–Trinajstić information content (AvgIpc) is 2.01. The summed E-state index contributed by atoms with van der Waals surface area (Å²) in [5.41, 5.74) is 4.98. The van der Waals surface area contributed by atoms with Crippen LogP contribution in [0.4, 0.5) is 13.2 Å². The molecular formula is C8H7F3INO. The molecule has 0 spiro atoms. The molecule has 3 N–H and O–H groups in total. The van der Waals surface area contributed by atoms with Gasteiger partial charge >= 0.3 is 6.18 Å². The third-order valence-corrected chi connectivity index (χ3v) is 2.61. The Labute approximate surface area is 92.1 Å². The van der Waals surface area contributed by atoms with Crippen molar-refractivity contribution in [1.82, 2.24) is 0 Å². The molecule has 6 heteroatoms. The van der Waals surface area contributed by atoms with Crippen LogP contribution in [0.15, 0.2) is 18.2 Å². The van der Waals surface area contributed by atoms with E-state index in [0.29, 0.717) is 3.57 Å². The van der Waals surface area contributed by atoms with Crippen molar-refractivity contribution < 1.29 is 18.3 Å². The molecule has 0 radical (unpaired) electrons. The Kier molecular flexibility index (Phi) is 3.25. The predicted molar refractivity (Wildman–Crippen MR) is 53.8 cm³/mol. The van der Waals surface area contributed by atoms with Crippen LogP contribution in [0.1, 0.15) is 11.6 Å². The molecule has 0 bridgehead atoms. The fourth-order valence-corrected chi connectivity index (χ4v) is 1.78. The van der Waals surface area contributed by atoms with E-state index in [1.807, 2.05) is 0 Å². The summed E-state index contributed by atoms with van der Waals surface area (Å²) < 4.78 is 37.0. The van der Waals surface area contributed by atoms with Crippen molar-refractivity contribution >= 4 is 22.6 Å². The first kappa shape index (κ1) is 11.6. The zero-order chi connectivity index (χ0) is 10.9. The number of halogens is 4. The molecule has 0 aromatic heterocycles. The van der Waals surface area contributed by atoms with Crippen LogP contribution in [0.5, 0.6) is 5.75 Å². The van der Waals surface area contributed by atoms with Gasteiger partial charge in [-0.25, -0.2) is 0 Å². The van der Waals surface area contributed by atoms with E-state index in [9.17, 15) is 13.2 Å². The van der Waals surface area contributed by atoms with E-state index in [4.69, 9.17) is 10.8 Å². The third kappa shape index (κ3) is 2.50. The van der Waals surface area contributed by atoms with Gasteiger partial charge in [-0.15, -0.1) is 0 Å². The molecule has 0 aliphatic carbocycles. The minimum Gasteiger partial charge on any atom is -0.508 e. The van der Waals surface area contributed by atoms with Crippen LogP contribution in [0.2, 0.25) is 0 Å². The Morgan fingerprint density at radius 1 is 1.36 bits per heavy atom. The van der Waals surface area contributed by atoms with E-state index < -0.39 is 12.2 Å². The predicted octanol–water partition coefficient (Wildman–Crippen LogP) is 2.56. The Balaban J connectivity index is 3.08. The number of phenolic OH excluding ortho intramolecular Hbond substituents is 1. The van der Waals surface area contributed by atoms with Gasteiger partial charge in [-0.2, -0.15) is 13.2 Å². The standard InChI is InChI=1S/C8H7F3INO/c9-8(10,11)7(13)5-2-1-4(14)3-6(5)12/h1-3,7,14H,13H2. The molecule has 0 saturated heterocycles. The molecule has 0 aliphatic rings. The maximum Gasteiger partial charge on any atom is 0.407 e. The van der Waals surface area contributed by atoms with E-state index in [2.05, 4.69) is 0 Å². The Morgan fingerprint density at radius 2 is 1.93 bits per heavy atom. The second-order valence-electron chi connectivity index (χ2n) is 2.73. The smallest absolute Gasteiger partial charge is 0.407 e. The lowest BCUT2D eigenvalue weighted by Gasteiger charge is -2.17. The largest absolute Gasteiger partial charge is 0.508 e. The molecule has 1 unspecified atom stereocenters. The molecule has 1 atom stereocenters. The van der Waals surface area contributed by atoms with Crippen LogP contribution in [-0.4, -0.2) is 11.3 Å². The molecule has 1 aromatic rings. The number of phenols is 1. The summed E-state index contributed by atoms with van der Waals surface area (Å²) in [4.78, 5) is 0. The Hall–Kier alpha value is -0.500. The molecular weight excluding hydrogens is 310 g/mol. The van der Waals surface area contributed by atoms with Crippen LogP contribution in [-0.2, 0) is 0 Å². The van der Waals surface area contributed by atoms with Gasteiger partial charge in [0.15, 0.2) is 0 Å². The van der Waals surface area contributed by atoms with Crippen molar-refractivity contribution in [3.8, 4) is 5.75 Å². The van der Waals surface area contributed by atoms with Crippen molar-refractivity contribution in [2.75, 3.05) is 0 Å². The van der Waals surface area contributed by atoms with Gasteiger partial charge in [0.25, 0.3) is 0 Å². The molecule has 2 nitrogen and oxygen atoms in total. The minimum absolute atomic E-state index is 0.0316. The van der Waals surface area contributed by atoms with Crippen molar-refractivity contribution in [3.05, 3.63) is 27.3 Å². The molecule has 0 aliphatic heterocycles. The second-order valence-corrected chi connectivity index (χ2v) is 3.89. The van der Waals surface area contributed by atoms with Gasteiger partial charge in [0.2, 0.25) is 0 Å². The maximum absolute atomic E-state index is 12.2. The average molecular weight is 317 g/mol. The summed E-state index contributed by atoms with van der Waals surface area (Å²) in [5, 5.41) is 9.00. The first-order valence-corrected chi connectivity index (χ1v) is 4.71.